The molecule has 0 spiro atoms. The average Bonchev–Trinajstić information content (AvgIpc) is 2.61. The molecule has 0 radical (unpaired) electrons. The molecular weight excluding hydrogens is 304 g/mol. The number of hydrogen-bond acceptors (Lipinski definition) is 4. The molecule has 1 fully saturated rings. The molecule has 1 amide bonds. The van der Waals surface area contributed by atoms with Gasteiger partial charge < -0.3 is 14.4 Å². The first-order valence-electron chi connectivity index (χ1n) is 9.09. The Labute approximate surface area is 145 Å². The Kier molecular flexibility index (Phi) is 7.89. The molecule has 1 saturated heterocycles. The summed E-state index contributed by atoms with van der Waals surface area (Å²) in [6, 6.07) is 7.66. The number of nitrogens with zero attached hydrogens (tertiary/aromatic N) is 2. The smallest absolute Gasteiger partial charge is 0.222 e. The van der Waals surface area contributed by atoms with Gasteiger partial charge in [-0.1, -0.05) is 19.1 Å². The van der Waals surface area contributed by atoms with Crippen molar-refractivity contribution in [3.8, 4) is 11.5 Å². The van der Waals surface area contributed by atoms with Crippen molar-refractivity contribution in [1.82, 2.24) is 9.80 Å². The molecule has 0 unspecified atom stereocenters. The van der Waals surface area contributed by atoms with Crippen LogP contribution in [-0.2, 0) is 4.79 Å². The van der Waals surface area contributed by atoms with Crippen LogP contribution in [-0.4, -0.2) is 61.6 Å². The van der Waals surface area contributed by atoms with E-state index in [1.54, 1.807) is 0 Å². The summed E-state index contributed by atoms with van der Waals surface area (Å²) >= 11 is 0. The average molecular weight is 334 g/mol. The molecule has 0 saturated carbocycles. The molecule has 1 aliphatic rings. The highest BCUT2D eigenvalue weighted by Gasteiger charge is 2.20. The van der Waals surface area contributed by atoms with Crippen molar-refractivity contribution in [2.75, 3.05) is 45.9 Å². The number of para-hydroxylation sites is 2. The lowest BCUT2D eigenvalue weighted by atomic mass is 10.2. The molecule has 0 atom stereocenters. The minimum Gasteiger partial charge on any atom is -0.490 e. The highest BCUT2D eigenvalue weighted by molar-refractivity contribution is 5.76. The number of rotatable bonds is 9. The van der Waals surface area contributed by atoms with Crippen LogP contribution in [0.25, 0.3) is 0 Å². The standard InChI is InChI=1S/C19H30N2O3/c1-3-11-20-12-14-21(15-13-20)19(22)10-7-16-24-18-9-6-5-8-17(18)23-4-2/h5-6,8-9H,3-4,7,10-16H2,1-2H3. The van der Waals surface area contributed by atoms with Gasteiger partial charge in [0, 0.05) is 32.6 Å². The lowest BCUT2D eigenvalue weighted by molar-refractivity contribution is -0.133. The summed E-state index contributed by atoms with van der Waals surface area (Å²) in [6.45, 7) is 10.1. The fourth-order valence-electron chi connectivity index (χ4n) is 2.94. The van der Waals surface area contributed by atoms with Crippen LogP contribution in [0.5, 0.6) is 11.5 Å². The summed E-state index contributed by atoms with van der Waals surface area (Å²) in [5.74, 6) is 1.76. The van der Waals surface area contributed by atoms with Gasteiger partial charge in [-0.25, -0.2) is 0 Å². The number of amides is 1. The van der Waals surface area contributed by atoms with Crippen LogP contribution in [0.1, 0.15) is 33.1 Å². The maximum Gasteiger partial charge on any atom is 0.222 e. The van der Waals surface area contributed by atoms with Gasteiger partial charge in [0.2, 0.25) is 5.91 Å². The monoisotopic (exact) mass is 334 g/mol. The second-order valence-electron chi connectivity index (χ2n) is 6.05. The van der Waals surface area contributed by atoms with Gasteiger partial charge >= 0.3 is 0 Å². The lowest BCUT2D eigenvalue weighted by Crippen LogP contribution is -2.48. The second-order valence-corrected chi connectivity index (χ2v) is 6.05. The predicted molar refractivity (Wildman–Crippen MR) is 95.7 cm³/mol. The first kappa shape index (κ1) is 18.6. The summed E-state index contributed by atoms with van der Waals surface area (Å²) < 4.78 is 11.3. The van der Waals surface area contributed by atoms with Crippen LogP contribution in [0.4, 0.5) is 0 Å². The fraction of sp³-hybridized carbons (Fsp3) is 0.632. The van der Waals surface area contributed by atoms with Gasteiger partial charge in [0.05, 0.1) is 13.2 Å². The summed E-state index contributed by atoms with van der Waals surface area (Å²) in [5.41, 5.74) is 0. The molecule has 2 rings (SSSR count). The Morgan fingerprint density at radius 2 is 1.71 bits per heavy atom. The second kappa shape index (κ2) is 10.2. The molecule has 5 nitrogen and oxygen atoms in total. The van der Waals surface area contributed by atoms with Crippen LogP contribution in [0.15, 0.2) is 24.3 Å². The Morgan fingerprint density at radius 1 is 1.04 bits per heavy atom. The minimum atomic E-state index is 0.243. The maximum atomic E-state index is 12.3. The zero-order valence-corrected chi connectivity index (χ0v) is 15.0. The minimum absolute atomic E-state index is 0.243. The molecule has 1 aliphatic heterocycles. The molecule has 134 valence electrons. The third-order valence-corrected chi connectivity index (χ3v) is 4.21. The zero-order chi connectivity index (χ0) is 17.2. The van der Waals surface area contributed by atoms with E-state index in [1.807, 2.05) is 36.1 Å². The molecule has 1 heterocycles. The molecule has 0 aliphatic carbocycles. The van der Waals surface area contributed by atoms with E-state index >= 15 is 0 Å². The number of carbonyl (C=O) groups excluding carboxylic acids is 1. The van der Waals surface area contributed by atoms with Crippen molar-refractivity contribution in [3.05, 3.63) is 24.3 Å². The molecule has 5 heteroatoms. The van der Waals surface area contributed by atoms with Crippen molar-refractivity contribution < 1.29 is 14.3 Å². The summed E-state index contributed by atoms with van der Waals surface area (Å²) in [7, 11) is 0. The Morgan fingerprint density at radius 3 is 2.33 bits per heavy atom. The molecule has 0 aromatic heterocycles. The maximum absolute atomic E-state index is 12.3. The van der Waals surface area contributed by atoms with Gasteiger partial charge in [-0.2, -0.15) is 0 Å². The lowest BCUT2D eigenvalue weighted by Gasteiger charge is -2.34. The number of piperazine rings is 1. The number of carbonyl (C=O) groups is 1. The molecular formula is C19H30N2O3. The largest absolute Gasteiger partial charge is 0.490 e. The Bertz CT molecular complexity index is 499. The van der Waals surface area contributed by atoms with Gasteiger partial charge in [-0.15, -0.1) is 0 Å². The molecule has 0 N–H and O–H groups in total. The molecule has 1 aromatic carbocycles. The molecule has 0 bridgehead atoms. The van der Waals surface area contributed by atoms with Crippen molar-refractivity contribution >= 4 is 5.91 Å². The highest BCUT2D eigenvalue weighted by atomic mass is 16.5. The highest BCUT2D eigenvalue weighted by Crippen LogP contribution is 2.26. The van der Waals surface area contributed by atoms with E-state index in [0.717, 1.165) is 50.6 Å². The summed E-state index contributed by atoms with van der Waals surface area (Å²) in [6.07, 6.45) is 2.45. The van der Waals surface area contributed by atoms with Gasteiger partial charge in [0.1, 0.15) is 0 Å². The molecule has 24 heavy (non-hydrogen) atoms. The first-order chi connectivity index (χ1) is 11.7. The summed E-state index contributed by atoms with van der Waals surface area (Å²) in [4.78, 5) is 16.7. The van der Waals surface area contributed by atoms with Crippen molar-refractivity contribution in [2.24, 2.45) is 0 Å². The quantitative estimate of drug-likeness (QED) is 0.651. The van der Waals surface area contributed by atoms with Gasteiger partial charge in [0.15, 0.2) is 11.5 Å². The number of benzene rings is 1. The van der Waals surface area contributed by atoms with Crippen LogP contribution in [0, 0.1) is 0 Å². The predicted octanol–water partition coefficient (Wildman–Crippen LogP) is 2.80. The van der Waals surface area contributed by atoms with Crippen molar-refractivity contribution in [1.29, 1.82) is 0 Å². The Balaban J connectivity index is 1.66. The SMILES string of the molecule is CCCN1CCN(C(=O)CCCOc2ccccc2OCC)CC1. The summed E-state index contributed by atoms with van der Waals surface area (Å²) in [5, 5.41) is 0. The normalized spacial score (nSPS) is 15.3. The number of ether oxygens (including phenoxy) is 2. The van der Waals surface area contributed by atoms with Gasteiger partial charge in [-0.3, -0.25) is 9.69 Å². The third kappa shape index (κ3) is 5.71. The van der Waals surface area contributed by atoms with E-state index in [4.69, 9.17) is 9.47 Å². The topological polar surface area (TPSA) is 42.0 Å². The van der Waals surface area contributed by atoms with E-state index in [0.29, 0.717) is 19.6 Å². The van der Waals surface area contributed by atoms with E-state index < -0.39 is 0 Å². The van der Waals surface area contributed by atoms with Crippen LogP contribution in [0.3, 0.4) is 0 Å². The van der Waals surface area contributed by atoms with Crippen LogP contribution < -0.4 is 9.47 Å². The van der Waals surface area contributed by atoms with Gasteiger partial charge in [0.25, 0.3) is 0 Å². The fourth-order valence-corrected chi connectivity index (χ4v) is 2.94. The first-order valence-corrected chi connectivity index (χ1v) is 9.09. The third-order valence-electron chi connectivity index (χ3n) is 4.21. The number of hydrogen-bond donors (Lipinski definition) is 0. The Hall–Kier alpha value is -1.75. The van der Waals surface area contributed by atoms with E-state index in [-0.39, 0.29) is 5.91 Å². The van der Waals surface area contributed by atoms with E-state index in [1.165, 1.54) is 6.42 Å². The zero-order valence-electron chi connectivity index (χ0n) is 15.0. The van der Waals surface area contributed by atoms with E-state index in [2.05, 4.69) is 11.8 Å². The van der Waals surface area contributed by atoms with Gasteiger partial charge in [-0.05, 0) is 38.4 Å². The van der Waals surface area contributed by atoms with Crippen molar-refractivity contribution in [2.45, 2.75) is 33.1 Å². The van der Waals surface area contributed by atoms with E-state index in [9.17, 15) is 4.79 Å². The van der Waals surface area contributed by atoms with Crippen molar-refractivity contribution in [3.63, 3.8) is 0 Å². The van der Waals surface area contributed by atoms with Crippen LogP contribution in [0.2, 0.25) is 0 Å². The van der Waals surface area contributed by atoms with Crippen LogP contribution >= 0.6 is 0 Å². The molecule has 1 aromatic rings.